The molecule has 9 heteroatoms. The molecule has 0 saturated heterocycles. The minimum Gasteiger partial charge on any atom is -0.389 e. The van der Waals surface area contributed by atoms with Gasteiger partial charge in [0.1, 0.15) is 11.9 Å². The minimum atomic E-state index is -4.81. The van der Waals surface area contributed by atoms with Crippen LogP contribution < -0.4 is 5.73 Å². The second kappa shape index (κ2) is 6.42. The maximum absolute atomic E-state index is 12.8. The first-order valence-corrected chi connectivity index (χ1v) is 6.44. The van der Waals surface area contributed by atoms with Crippen LogP contribution in [0, 0.1) is 0 Å². The summed E-state index contributed by atoms with van der Waals surface area (Å²) in [7, 11) is 0. The molecule has 1 aromatic heterocycles. The predicted octanol–water partition coefficient (Wildman–Crippen LogP) is 1.36. The number of aliphatic hydroxyl groups excluding tert-OH is 2. The third-order valence-corrected chi connectivity index (χ3v) is 3.27. The van der Waals surface area contributed by atoms with E-state index in [1.807, 2.05) is 0 Å². The van der Waals surface area contributed by atoms with E-state index in [1.54, 1.807) is 0 Å². The molecule has 0 aromatic carbocycles. The van der Waals surface area contributed by atoms with Crippen LogP contribution >= 0.6 is 11.8 Å². The summed E-state index contributed by atoms with van der Waals surface area (Å²) in [5.74, 6) is -0.570. The highest BCUT2D eigenvalue weighted by molar-refractivity contribution is 8.13. The second-order valence-electron chi connectivity index (χ2n) is 3.99. The van der Waals surface area contributed by atoms with Crippen molar-refractivity contribution in [3.8, 4) is 0 Å². The maximum Gasteiger partial charge on any atom is 0.433 e. The van der Waals surface area contributed by atoms with Crippen LogP contribution in [0.1, 0.15) is 24.3 Å². The van der Waals surface area contributed by atoms with Crippen LogP contribution in [0.15, 0.2) is 12.1 Å². The number of carbonyl (C=O) groups is 1. The van der Waals surface area contributed by atoms with E-state index >= 15 is 0 Å². The standard InChI is InChI=1S/C11H13F3N2O3S/c1-5(17)20-4-7(18)9(19)6-2-3-8(15)16-10(6)11(12,13)14/h2-3,7,9,18-19H,4H2,1H3,(H2,15,16). The number of hydrogen-bond donors (Lipinski definition) is 3. The Morgan fingerprint density at radius 1 is 1.45 bits per heavy atom. The molecule has 2 unspecified atom stereocenters. The molecule has 0 amide bonds. The lowest BCUT2D eigenvalue weighted by atomic mass is 10.0. The fraction of sp³-hybridized carbons (Fsp3) is 0.455. The lowest BCUT2D eigenvalue weighted by Crippen LogP contribution is -2.25. The molecule has 1 aromatic rings. The number of aromatic nitrogens is 1. The number of thioether (sulfide) groups is 1. The molecule has 0 aliphatic rings. The van der Waals surface area contributed by atoms with E-state index in [0.29, 0.717) is 11.8 Å². The average Bonchev–Trinajstić information content (AvgIpc) is 2.33. The van der Waals surface area contributed by atoms with Crippen molar-refractivity contribution in [2.75, 3.05) is 11.5 Å². The highest BCUT2D eigenvalue weighted by Crippen LogP contribution is 2.35. The Morgan fingerprint density at radius 3 is 2.55 bits per heavy atom. The van der Waals surface area contributed by atoms with Gasteiger partial charge in [0.25, 0.3) is 0 Å². The van der Waals surface area contributed by atoms with Crippen LogP contribution in [-0.4, -0.2) is 32.2 Å². The number of halogens is 3. The lowest BCUT2D eigenvalue weighted by molar-refractivity contribution is -0.143. The molecule has 0 aliphatic carbocycles. The summed E-state index contributed by atoms with van der Waals surface area (Å²) in [6.45, 7) is 1.25. The third-order valence-electron chi connectivity index (χ3n) is 2.36. The summed E-state index contributed by atoms with van der Waals surface area (Å²) in [4.78, 5) is 13.9. The maximum atomic E-state index is 12.8. The van der Waals surface area contributed by atoms with E-state index in [1.165, 1.54) is 6.92 Å². The molecule has 5 nitrogen and oxygen atoms in total. The Hall–Kier alpha value is -1.32. The van der Waals surface area contributed by atoms with E-state index in [0.717, 1.165) is 12.1 Å². The van der Waals surface area contributed by atoms with Gasteiger partial charge in [0.05, 0.1) is 6.10 Å². The topological polar surface area (TPSA) is 96.4 Å². The zero-order valence-corrected chi connectivity index (χ0v) is 11.2. The van der Waals surface area contributed by atoms with Gasteiger partial charge in [0.2, 0.25) is 0 Å². The van der Waals surface area contributed by atoms with Crippen molar-refractivity contribution in [1.29, 1.82) is 0 Å². The molecular formula is C11H13F3N2O3S. The van der Waals surface area contributed by atoms with Crippen molar-refractivity contribution in [1.82, 2.24) is 4.98 Å². The number of carbonyl (C=O) groups excluding carboxylic acids is 1. The summed E-state index contributed by atoms with van der Waals surface area (Å²) in [6, 6.07) is 2.05. The third kappa shape index (κ3) is 4.36. The number of aliphatic hydroxyl groups is 2. The summed E-state index contributed by atoms with van der Waals surface area (Å²) >= 11 is 0.704. The molecule has 20 heavy (non-hydrogen) atoms. The van der Waals surface area contributed by atoms with Gasteiger partial charge in [-0.15, -0.1) is 0 Å². The summed E-state index contributed by atoms with van der Waals surface area (Å²) in [5.41, 5.74) is 3.26. The van der Waals surface area contributed by atoms with Gasteiger partial charge in [-0.2, -0.15) is 13.2 Å². The smallest absolute Gasteiger partial charge is 0.389 e. The first-order valence-electron chi connectivity index (χ1n) is 5.46. The van der Waals surface area contributed by atoms with Gasteiger partial charge >= 0.3 is 6.18 Å². The number of nitrogens with zero attached hydrogens (tertiary/aromatic N) is 1. The average molecular weight is 310 g/mol. The lowest BCUT2D eigenvalue weighted by Gasteiger charge is -2.20. The molecule has 1 rings (SSSR count). The van der Waals surface area contributed by atoms with Crippen LogP contribution in [0.3, 0.4) is 0 Å². The van der Waals surface area contributed by atoms with E-state index < -0.39 is 29.6 Å². The fourth-order valence-corrected chi connectivity index (χ4v) is 2.04. The zero-order chi connectivity index (χ0) is 15.5. The zero-order valence-electron chi connectivity index (χ0n) is 10.4. The summed E-state index contributed by atoms with van der Waals surface area (Å²) in [5, 5.41) is 19.1. The normalized spacial score (nSPS) is 14.9. The molecule has 0 bridgehead atoms. The van der Waals surface area contributed by atoms with Gasteiger partial charge in [-0.25, -0.2) is 4.98 Å². The van der Waals surface area contributed by atoms with Gasteiger partial charge in [-0.3, -0.25) is 4.79 Å². The monoisotopic (exact) mass is 310 g/mol. The van der Waals surface area contributed by atoms with Gasteiger partial charge in [-0.1, -0.05) is 17.8 Å². The van der Waals surface area contributed by atoms with Crippen molar-refractivity contribution in [2.24, 2.45) is 0 Å². The largest absolute Gasteiger partial charge is 0.433 e. The van der Waals surface area contributed by atoms with Crippen LogP contribution in [0.25, 0.3) is 0 Å². The van der Waals surface area contributed by atoms with E-state index in [9.17, 15) is 28.2 Å². The Balaban J connectivity index is 3.03. The molecule has 0 saturated carbocycles. The summed E-state index contributed by atoms with van der Waals surface area (Å²) < 4.78 is 38.4. The number of anilines is 1. The Labute approximate surface area is 117 Å². The number of alkyl halides is 3. The second-order valence-corrected chi connectivity index (χ2v) is 5.18. The molecule has 0 fully saturated rings. The molecule has 4 N–H and O–H groups in total. The number of hydrogen-bond acceptors (Lipinski definition) is 6. The van der Waals surface area contributed by atoms with Crippen molar-refractivity contribution >= 4 is 22.7 Å². The SMILES string of the molecule is CC(=O)SCC(O)C(O)c1ccc(N)nc1C(F)(F)F. The van der Waals surface area contributed by atoms with Crippen LogP contribution in [0.5, 0.6) is 0 Å². The first kappa shape index (κ1) is 16.7. The molecule has 0 radical (unpaired) electrons. The van der Waals surface area contributed by atoms with Gasteiger partial charge < -0.3 is 15.9 Å². The molecule has 0 aliphatic heterocycles. The van der Waals surface area contributed by atoms with Crippen LogP contribution in [0.4, 0.5) is 19.0 Å². The number of rotatable bonds is 4. The van der Waals surface area contributed by atoms with Gasteiger partial charge in [0.15, 0.2) is 10.8 Å². The molecule has 0 spiro atoms. The van der Waals surface area contributed by atoms with E-state index in [4.69, 9.17) is 5.73 Å². The van der Waals surface area contributed by atoms with Crippen LogP contribution in [-0.2, 0) is 11.0 Å². The fourth-order valence-electron chi connectivity index (χ4n) is 1.45. The summed E-state index contributed by atoms with van der Waals surface area (Å²) in [6.07, 6.45) is -8.15. The Kier molecular flexibility index (Phi) is 5.37. The number of nitrogens with two attached hydrogens (primary N) is 1. The number of pyridine rings is 1. The van der Waals surface area contributed by atoms with Crippen molar-refractivity contribution < 1.29 is 28.2 Å². The molecule has 1 heterocycles. The van der Waals surface area contributed by atoms with E-state index in [-0.39, 0.29) is 16.7 Å². The van der Waals surface area contributed by atoms with E-state index in [2.05, 4.69) is 4.98 Å². The van der Waals surface area contributed by atoms with Crippen molar-refractivity contribution in [3.63, 3.8) is 0 Å². The first-order chi connectivity index (χ1) is 9.12. The molecular weight excluding hydrogens is 297 g/mol. The van der Waals surface area contributed by atoms with Gasteiger partial charge in [-0.05, 0) is 6.07 Å². The Bertz CT molecular complexity index is 496. The van der Waals surface area contributed by atoms with Crippen molar-refractivity contribution in [2.45, 2.75) is 25.3 Å². The van der Waals surface area contributed by atoms with Crippen molar-refractivity contribution in [3.05, 3.63) is 23.4 Å². The highest BCUT2D eigenvalue weighted by atomic mass is 32.2. The van der Waals surface area contributed by atoms with Crippen LogP contribution in [0.2, 0.25) is 0 Å². The molecule has 112 valence electrons. The quantitative estimate of drug-likeness (QED) is 0.777. The van der Waals surface area contributed by atoms with Gasteiger partial charge in [0, 0.05) is 18.2 Å². The Morgan fingerprint density at radius 2 is 2.05 bits per heavy atom. The minimum absolute atomic E-state index is 0.224. The highest BCUT2D eigenvalue weighted by Gasteiger charge is 2.38. The predicted molar refractivity (Wildman–Crippen MR) is 67.8 cm³/mol. The molecule has 2 atom stereocenters. The number of nitrogen functional groups attached to an aromatic ring is 1.